The maximum atomic E-state index is 13.6. The van der Waals surface area contributed by atoms with Gasteiger partial charge in [0.15, 0.2) is 0 Å². The first-order valence-electron chi connectivity index (χ1n) is 5.64. The molecule has 0 saturated carbocycles. The zero-order valence-corrected chi connectivity index (χ0v) is 11.9. The Morgan fingerprint density at radius 3 is 2.58 bits per heavy atom. The van der Waals surface area contributed by atoms with Gasteiger partial charge in [-0.25, -0.2) is 13.8 Å². The van der Waals surface area contributed by atoms with Gasteiger partial charge in [-0.15, -0.1) is 11.3 Å². The lowest BCUT2D eigenvalue weighted by atomic mass is 10.1. The molecule has 0 aliphatic heterocycles. The van der Waals surface area contributed by atoms with Crippen molar-refractivity contribution in [3.63, 3.8) is 0 Å². The van der Waals surface area contributed by atoms with Crippen LogP contribution in [0.4, 0.5) is 8.78 Å². The highest BCUT2D eigenvalue weighted by atomic mass is 35.5. The van der Waals surface area contributed by atoms with E-state index in [0.717, 1.165) is 22.7 Å². The quantitative estimate of drug-likeness (QED) is 0.870. The largest absolute Gasteiger partial charge is 0.388 e. The van der Waals surface area contributed by atoms with Crippen LogP contribution in [0.15, 0.2) is 12.1 Å². The summed E-state index contributed by atoms with van der Waals surface area (Å²) in [6.07, 6.45) is -0.992. The van der Waals surface area contributed by atoms with Crippen molar-refractivity contribution in [2.24, 2.45) is 0 Å². The van der Waals surface area contributed by atoms with E-state index in [-0.39, 0.29) is 17.0 Å². The third kappa shape index (κ3) is 3.11. The molecule has 1 atom stereocenters. The van der Waals surface area contributed by atoms with Gasteiger partial charge < -0.3 is 5.11 Å². The van der Waals surface area contributed by atoms with E-state index in [1.165, 1.54) is 11.3 Å². The van der Waals surface area contributed by atoms with E-state index in [1.54, 1.807) is 0 Å². The van der Waals surface area contributed by atoms with Crippen LogP contribution in [0.2, 0.25) is 5.02 Å². The summed E-state index contributed by atoms with van der Waals surface area (Å²) in [6, 6.07) is 1.80. The molecule has 2 aromatic rings. The fourth-order valence-corrected chi connectivity index (χ4v) is 2.82. The van der Waals surface area contributed by atoms with E-state index in [4.69, 9.17) is 11.6 Å². The van der Waals surface area contributed by atoms with Gasteiger partial charge in [0.25, 0.3) is 0 Å². The number of aromatic nitrogens is 1. The molecule has 19 heavy (non-hydrogen) atoms. The van der Waals surface area contributed by atoms with Crippen LogP contribution >= 0.6 is 22.9 Å². The number of aliphatic hydroxyl groups is 1. The van der Waals surface area contributed by atoms with Crippen molar-refractivity contribution < 1.29 is 13.9 Å². The molecular weight excluding hydrogens is 292 g/mol. The van der Waals surface area contributed by atoms with Gasteiger partial charge in [0.05, 0.1) is 21.8 Å². The number of thiazole rings is 1. The molecule has 1 heterocycles. The molecule has 0 radical (unpaired) electrons. The number of aryl methyl sites for hydroxylation is 2. The Labute approximate surface area is 118 Å². The van der Waals surface area contributed by atoms with Gasteiger partial charge in [0.2, 0.25) is 0 Å². The Balaban J connectivity index is 2.24. The molecule has 1 N–H and O–H groups in total. The van der Waals surface area contributed by atoms with Crippen LogP contribution in [0.3, 0.4) is 0 Å². The number of aliphatic hydroxyl groups excluding tert-OH is 1. The van der Waals surface area contributed by atoms with Crippen LogP contribution < -0.4 is 0 Å². The van der Waals surface area contributed by atoms with Crippen LogP contribution in [0.25, 0.3) is 0 Å². The SMILES string of the molecule is Cc1nc(CC(O)c2cc(F)c(Cl)cc2F)sc1C. The highest BCUT2D eigenvalue weighted by Crippen LogP contribution is 2.28. The van der Waals surface area contributed by atoms with E-state index in [9.17, 15) is 13.9 Å². The first kappa shape index (κ1) is 14.4. The van der Waals surface area contributed by atoms with Crippen LogP contribution in [0.5, 0.6) is 0 Å². The zero-order valence-electron chi connectivity index (χ0n) is 10.4. The molecule has 0 saturated heterocycles. The van der Waals surface area contributed by atoms with Crippen LogP contribution in [-0.2, 0) is 6.42 Å². The van der Waals surface area contributed by atoms with Crippen LogP contribution in [-0.4, -0.2) is 10.1 Å². The lowest BCUT2D eigenvalue weighted by molar-refractivity contribution is 0.173. The molecule has 0 amide bonds. The molecule has 0 aliphatic rings. The standard InChI is InChI=1S/C13H12ClF2NOS/c1-6-7(2)19-13(17-6)5-12(18)8-3-11(16)9(14)4-10(8)15/h3-4,12,18H,5H2,1-2H3. The Bertz CT molecular complexity index is 595. The maximum absolute atomic E-state index is 13.6. The summed E-state index contributed by atoms with van der Waals surface area (Å²) in [7, 11) is 0. The van der Waals surface area contributed by atoms with Crippen molar-refractivity contribution in [1.29, 1.82) is 0 Å². The number of nitrogens with zero attached hydrogens (tertiary/aromatic N) is 1. The maximum Gasteiger partial charge on any atom is 0.142 e. The van der Waals surface area contributed by atoms with E-state index in [1.807, 2.05) is 13.8 Å². The number of hydrogen-bond donors (Lipinski definition) is 1. The van der Waals surface area contributed by atoms with Gasteiger partial charge in [-0.2, -0.15) is 0 Å². The minimum atomic E-state index is -1.14. The van der Waals surface area contributed by atoms with E-state index < -0.39 is 17.7 Å². The molecular formula is C13H12ClF2NOS. The van der Waals surface area contributed by atoms with Crippen LogP contribution in [0, 0.1) is 25.5 Å². The fraction of sp³-hybridized carbons (Fsp3) is 0.308. The molecule has 0 fully saturated rings. The second kappa shape index (κ2) is 5.53. The van der Waals surface area contributed by atoms with Crippen LogP contribution in [0.1, 0.15) is 27.2 Å². The predicted molar refractivity (Wildman–Crippen MR) is 71.6 cm³/mol. The average Bonchev–Trinajstić information content (AvgIpc) is 2.62. The van der Waals surface area contributed by atoms with Gasteiger partial charge in [-0.1, -0.05) is 11.6 Å². The summed E-state index contributed by atoms with van der Waals surface area (Å²) >= 11 is 6.91. The van der Waals surface area contributed by atoms with Gasteiger partial charge >= 0.3 is 0 Å². The second-order valence-corrected chi connectivity index (χ2v) is 5.95. The van der Waals surface area contributed by atoms with Crippen molar-refractivity contribution >= 4 is 22.9 Å². The summed E-state index contributed by atoms with van der Waals surface area (Å²) in [6.45, 7) is 3.79. The fourth-order valence-electron chi connectivity index (χ4n) is 1.70. The number of rotatable bonds is 3. The topological polar surface area (TPSA) is 33.1 Å². The highest BCUT2D eigenvalue weighted by molar-refractivity contribution is 7.11. The first-order valence-corrected chi connectivity index (χ1v) is 6.83. The van der Waals surface area contributed by atoms with Crippen molar-refractivity contribution in [2.45, 2.75) is 26.4 Å². The van der Waals surface area contributed by atoms with Crippen molar-refractivity contribution in [1.82, 2.24) is 4.98 Å². The summed E-state index contributed by atoms with van der Waals surface area (Å²) in [5, 5.41) is 10.4. The third-order valence-corrected chi connectivity index (χ3v) is 4.22. The van der Waals surface area contributed by atoms with E-state index in [0.29, 0.717) is 5.01 Å². The molecule has 6 heteroatoms. The molecule has 2 rings (SSSR count). The van der Waals surface area contributed by atoms with E-state index >= 15 is 0 Å². The van der Waals surface area contributed by atoms with Gasteiger partial charge in [-0.05, 0) is 26.0 Å². The average molecular weight is 304 g/mol. The van der Waals surface area contributed by atoms with Crippen molar-refractivity contribution in [3.05, 3.63) is 49.9 Å². The monoisotopic (exact) mass is 303 g/mol. The number of halogens is 3. The summed E-state index contributed by atoms with van der Waals surface area (Å²) in [5.41, 5.74) is 0.780. The van der Waals surface area contributed by atoms with Crippen molar-refractivity contribution in [3.8, 4) is 0 Å². The van der Waals surface area contributed by atoms with Gasteiger partial charge in [0.1, 0.15) is 11.6 Å². The number of hydrogen-bond acceptors (Lipinski definition) is 3. The molecule has 1 aromatic carbocycles. The summed E-state index contributed by atoms with van der Waals surface area (Å²) in [4.78, 5) is 5.31. The third-order valence-electron chi connectivity index (χ3n) is 2.84. The summed E-state index contributed by atoms with van der Waals surface area (Å²) < 4.78 is 26.9. The molecule has 0 bridgehead atoms. The molecule has 1 aromatic heterocycles. The molecule has 0 spiro atoms. The lowest BCUT2D eigenvalue weighted by Crippen LogP contribution is -2.05. The molecule has 102 valence electrons. The minimum Gasteiger partial charge on any atom is -0.388 e. The second-order valence-electron chi connectivity index (χ2n) is 4.26. The summed E-state index contributed by atoms with van der Waals surface area (Å²) in [5.74, 6) is -1.47. The Kier molecular flexibility index (Phi) is 4.18. The van der Waals surface area contributed by atoms with Gasteiger partial charge in [0, 0.05) is 16.9 Å². The minimum absolute atomic E-state index is 0.104. The molecule has 0 aliphatic carbocycles. The van der Waals surface area contributed by atoms with E-state index in [2.05, 4.69) is 4.98 Å². The Morgan fingerprint density at radius 1 is 1.32 bits per heavy atom. The zero-order chi connectivity index (χ0) is 14.2. The van der Waals surface area contributed by atoms with Gasteiger partial charge in [-0.3, -0.25) is 0 Å². The smallest absolute Gasteiger partial charge is 0.142 e. The first-order chi connectivity index (χ1) is 8.88. The Hall–Kier alpha value is -1.04. The predicted octanol–water partition coefficient (Wildman–Crippen LogP) is 3.97. The molecule has 1 unspecified atom stereocenters. The normalized spacial score (nSPS) is 12.7. The lowest BCUT2D eigenvalue weighted by Gasteiger charge is -2.11. The Morgan fingerprint density at radius 2 is 2.00 bits per heavy atom. The van der Waals surface area contributed by atoms with Crippen molar-refractivity contribution in [2.75, 3.05) is 0 Å². The molecule has 2 nitrogen and oxygen atoms in total. The highest BCUT2D eigenvalue weighted by Gasteiger charge is 2.18. The number of benzene rings is 1.